The summed E-state index contributed by atoms with van der Waals surface area (Å²) in [6.07, 6.45) is 1.25. The van der Waals surface area contributed by atoms with Gasteiger partial charge in [-0.15, -0.1) is 0 Å². The van der Waals surface area contributed by atoms with Crippen LogP contribution >= 0.6 is 0 Å². The minimum absolute atomic E-state index is 0. The van der Waals surface area contributed by atoms with Crippen molar-refractivity contribution < 1.29 is 21.9 Å². The molecule has 0 unspecified atom stereocenters. The number of nitrogens with one attached hydrogen (secondary N) is 1. The summed E-state index contributed by atoms with van der Waals surface area (Å²) in [5, 5.41) is 3.39. The number of fused-ring (bicyclic) bond motifs is 1. The Balaban J connectivity index is 0.00000300. The van der Waals surface area contributed by atoms with E-state index in [1.54, 1.807) is 6.92 Å². The van der Waals surface area contributed by atoms with Crippen LogP contribution < -0.4 is 24.4 Å². The molecular formula is C22H30MgN2O4. The van der Waals surface area contributed by atoms with Gasteiger partial charge >= 0.3 is 29.0 Å². The molecule has 1 aliphatic heterocycles. The van der Waals surface area contributed by atoms with Gasteiger partial charge in [-0.1, -0.05) is 25.1 Å². The number of anilines is 2. The number of para-hydroxylation sites is 3. The van der Waals surface area contributed by atoms with Gasteiger partial charge in [-0.2, -0.15) is 0 Å². The van der Waals surface area contributed by atoms with Crippen molar-refractivity contribution in [3.63, 3.8) is 0 Å². The Morgan fingerprint density at radius 2 is 2.03 bits per heavy atom. The maximum Gasteiger partial charge on any atom is 2.00 e. The summed E-state index contributed by atoms with van der Waals surface area (Å²) in [4.78, 5) is 14.2. The summed E-state index contributed by atoms with van der Waals surface area (Å²) in [5.74, 6) is 1.71. The molecule has 0 saturated carbocycles. The van der Waals surface area contributed by atoms with Crippen molar-refractivity contribution in [2.24, 2.45) is 0 Å². The molecule has 29 heavy (non-hydrogen) atoms. The number of ether oxygens (including phenoxy) is 3. The first kappa shape index (κ1) is 23.2. The van der Waals surface area contributed by atoms with Crippen molar-refractivity contribution in [3.05, 3.63) is 42.5 Å². The zero-order valence-electron chi connectivity index (χ0n) is 19.3. The van der Waals surface area contributed by atoms with E-state index in [1.165, 1.54) is 0 Å². The Bertz CT molecular complexity index is 811. The molecule has 1 N–H and O–H groups in total. The first-order valence-corrected chi connectivity index (χ1v) is 9.90. The largest absolute Gasteiger partial charge is 2.00 e. The van der Waals surface area contributed by atoms with Crippen LogP contribution in [0, 0.1) is 0 Å². The van der Waals surface area contributed by atoms with E-state index in [4.69, 9.17) is 14.2 Å². The van der Waals surface area contributed by atoms with Gasteiger partial charge < -0.3 is 27.3 Å². The number of hydrogen-bond donors (Lipinski definition) is 1. The van der Waals surface area contributed by atoms with Crippen LogP contribution in [0.5, 0.6) is 17.2 Å². The van der Waals surface area contributed by atoms with Crippen LogP contribution in [0.15, 0.2) is 42.5 Å². The molecule has 154 valence electrons. The van der Waals surface area contributed by atoms with Crippen LogP contribution in [0.25, 0.3) is 0 Å². The van der Waals surface area contributed by atoms with E-state index in [0.29, 0.717) is 31.1 Å². The second-order valence-corrected chi connectivity index (χ2v) is 6.48. The zero-order chi connectivity index (χ0) is 19.8. The summed E-state index contributed by atoms with van der Waals surface area (Å²) >= 11 is 0. The molecule has 0 spiro atoms. The summed E-state index contributed by atoms with van der Waals surface area (Å²) in [6.45, 7) is 7.46. The predicted octanol–water partition coefficient (Wildman–Crippen LogP) is 3.95. The predicted molar refractivity (Wildman–Crippen MR) is 119 cm³/mol. The molecule has 0 amide bonds. The number of carbonyl (C=O) groups excluding carboxylic acids is 1. The molecule has 0 atom stereocenters. The summed E-state index contributed by atoms with van der Waals surface area (Å²) < 4.78 is 16.9. The molecule has 0 radical (unpaired) electrons. The molecule has 0 fully saturated rings. The van der Waals surface area contributed by atoms with Crippen LogP contribution in [0.4, 0.5) is 11.4 Å². The van der Waals surface area contributed by atoms with Gasteiger partial charge in [-0.05, 0) is 37.6 Å². The second kappa shape index (κ2) is 11.8. The summed E-state index contributed by atoms with van der Waals surface area (Å²) in [6, 6.07) is 13.8. The molecule has 0 bridgehead atoms. The fourth-order valence-electron chi connectivity index (χ4n) is 3.17. The monoisotopic (exact) mass is 410 g/mol. The Morgan fingerprint density at radius 1 is 1.21 bits per heavy atom. The number of rotatable bonds is 9. The summed E-state index contributed by atoms with van der Waals surface area (Å²) in [5.41, 5.74) is 1.92. The van der Waals surface area contributed by atoms with Gasteiger partial charge in [0.15, 0.2) is 11.5 Å². The van der Waals surface area contributed by atoms with Crippen LogP contribution in [-0.2, 0) is 4.79 Å². The van der Waals surface area contributed by atoms with E-state index < -0.39 is 0 Å². The van der Waals surface area contributed by atoms with Gasteiger partial charge in [0, 0.05) is 19.5 Å². The summed E-state index contributed by atoms with van der Waals surface area (Å²) in [7, 11) is 0. The fourth-order valence-corrected chi connectivity index (χ4v) is 3.17. The van der Waals surface area contributed by atoms with Gasteiger partial charge in [-0.3, -0.25) is 4.79 Å². The number of hydrogen-bond acceptors (Lipinski definition) is 6. The minimum Gasteiger partial charge on any atom is -1.00 e. The maximum absolute atomic E-state index is 11.8. The number of nitrogens with zero attached hydrogens (tertiary/aromatic N) is 1. The van der Waals surface area contributed by atoms with Crippen molar-refractivity contribution >= 4 is 40.4 Å². The van der Waals surface area contributed by atoms with Crippen molar-refractivity contribution in [2.75, 3.05) is 43.1 Å². The Kier molecular flexibility index (Phi) is 9.40. The van der Waals surface area contributed by atoms with Gasteiger partial charge in [0.2, 0.25) is 0 Å². The molecule has 1 heterocycles. The van der Waals surface area contributed by atoms with Crippen molar-refractivity contribution in [1.82, 2.24) is 0 Å². The minimum atomic E-state index is -0.278. The molecule has 1 aliphatic rings. The van der Waals surface area contributed by atoms with E-state index in [0.717, 1.165) is 43.2 Å². The molecule has 6 nitrogen and oxygen atoms in total. The first-order chi connectivity index (χ1) is 13.7. The maximum atomic E-state index is 11.8. The van der Waals surface area contributed by atoms with Crippen molar-refractivity contribution in [1.29, 1.82) is 0 Å². The normalized spacial score (nSPS) is 12.3. The molecule has 0 aliphatic carbocycles. The van der Waals surface area contributed by atoms with E-state index in [1.807, 2.05) is 43.3 Å². The van der Waals surface area contributed by atoms with Crippen molar-refractivity contribution in [2.45, 2.75) is 26.7 Å². The third-order valence-corrected chi connectivity index (χ3v) is 4.53. The first-order valence-electron chi connectivity index (χ1n) is 9.90. The SMILES string of the molecule is CCOc1cccc(NCCCN2CCOc3ccccc32)c1OC(=O)CC.[H-].[H-].[Mg+2]. The molecule has 3 rings (SSSR count). The zero-order valence-corrected chi connectivity index (χ0v) is 18.7. The van der Waals surface area contributed by atoms with E-state index in [2.05, 4.69) is 16.3 Å². The van der Waals surface area contributed by atoms with Gasteiger partial charge in [0.1, 0.15) is 12.4 Å². The third kappa shape index (κ3) is 6.18. The average Bonchev–Trinajstić information content (AvgIpc) is 2.73. The van der Waals surface area contributed by atoms with Gasteiger partial charge in [0.05, 0.1) is 24.5 Å². The Labute approximate surface area is 191 Å². The Morgan fingerprint density at radius 3 is 2.83 bits per heavy atom. The fraction of sp³-hybridized carbons (Fsp3) is 0.409. The molecule has 2 aromatic carbocycles. The second-order valence-electron chi connectivity index (χ2n) is 6.48. The van der Waals surface area contributed by atoms with E-state index in [9.17, 15) is 4.79 Å². The standard InChI is InChI=1S/C22H28N2O4.Mg.2H/c1-3-21(25)28-22-17(9-7-12-20(22)26-4-2)23-13-8-14-24-15-16-27-19-11-6-5-10-18(19)24;;;/h5-7,9-12,23H,3-4,8,13-16H2,1-2H3;;;/q;+2;2*-1. The quantitative estimate of drug-likeness (QED) is 0.292. The van der Waals surface area contributed by atoms with Crippen LogP contribution in [0.2, 0.25) is 0 Å². The molecule has 0 aromatic heterocycles. The average molecular weight is 411 g/mol. The molecule has 0 saturated heterocycles. The number of esters is 1. The van der Waals surface area contributed by atoms with Crippen LogP contribution in [0.3, 0.4) is 0 Å². The van der Waals surface area contributed by atoms with E-state index >= 15 is 0 Å². The number of carbonyl (C=O) groups is 1. The smallest absolute Gasteiger partial charge is 1.00 e. The molecule has 2 aromatic rings. The van der Waals surface area contributed by atoms with Crippen molar-refractivity contribution in [3.8, 4) is 17.2 Å². The molecular weight excluding hydrogens is 381 g/mol. The molecule has 7 heteroatoms. The topological polar surface area (TPSA) is 60.0 Å². The van der Waals surface area contributed by atoms with Gasteiger partial charge in [-0.25, -0.2) is 0 Å². The van der Waals surface area contributed by atoms with Crippen LogP contribution in [0.1, 0.15) is 29.5 Å². The number of benzene rings is 2. The third-order valence-electron chi connectivity index (χ3n) is 4.53. The van der Waals surface area contributed by atoms with Crippen LogP contribution in [-0.4, -0.2) is 61.9 Å². The van der Waals surface area contributed by atoms with Gasteiger partial charge in [0.25, 0.3) is 0 Å². The van der Waals surface area contributed by atoms with E-state index in [-0.39, 0.29) is 31.9 Å². The Hall–Kier alpha value is -2.12.